The molecule has 0 aromatic heterocycles. The zero-order valence-electron chi connectivity index (χ0n) is 12.1. The minimum atomic E-state index is -0.468. The summed E-state index contributed by atoms with van der Waals surface area (Å²) in [6.07, 6.45) is 3.12. The van der Waals surface area contributed by atoms with E-state index >= 15 is 0 Å². The third-order valence-electron chi connectivity index (χ3n) is 4.67. The van der Waals surface area contributed by atoms with Crippen molar-refractivity contribution in [3.8, 4) is 0 Å². The molecule has 2 atom stereocenters. The molecule has 2 unspecified atom stereocenters. The molecule has 2 aliphatic rings. The Bertz CT molecular complexity index is 314. The van der Waals surface area contributed by atoms with E-state index in [2.05, 4.69) is 15.5 Å². The van der Waals surface area contributed by atoms with Crippen molar-refractivity contribution in [3.05, 3.63) is 0 Å². The lowest BCUT2D eigenvalue weighted by Crippen LogP contribution is -2.61. The van der Waals surface area contributed by atoms with Gasteiger partial charge in [0.2, 0.25) is 5.91 Å². The molecule has 5 nitrogen and oxygen atoms in total. The van der Waals surface area contributed by atoms with Crippen LogP contribution in [0.3, 0.4) is 0 Å². The number of piperazine rings is 1. The van der Waals surface area contributed by atoms with Crippen LogP contribution in [-0.2, 0) is 4.79 Å². The van der Waals surface area contributed by atoms with Gasteiger partial charge in [0.25, 0.3) is 0 Å². The smallest absolute Gasteiger partial charge is 0.240 e. The molecule has 2 fully saturated rings. The van der Waals surface area contributed by atoms with E-state index in [1.807, 2.05) is 13.8 Å². The van der Waals surface area contributed by atoms with Crippen molar-refractivity contribution in [2.24, 2.45) is 5.92 Å². The van der Waals surface area contributed by atoms with Crippen molar-refractivity contribution in [1.29, 1.82) is 0 Å². The molecule has 1 saturated heterocycles. The van der Waals surface area contributed by atoms with E-state index in [-0.39, 0.29) is 24.5 Å². The summed E-state index contributed by atoms with van der Waals surface area (Å²) in [5.41, 5.74) is -0.468. The summed E-state index contributed by atoms with van der Waals surface area (Å²) in [5.74, 6) is 0.336. The molecule has 0 spiro atoms. The second-order valence-electron chi connectivity index (χ2n) is 6.25. The number of carbonyl (C=O) groups excluding carboxylic acids is 1. The molecule has 1 aliphatic carbocycles. The Balaban J connectivity index is 1.93. The van der Waals surface area contributed by atoms with Gasteiger partial charge in [0.15, 0.2) is 0 Å². The van der Waals surface area contributed by atoms with E-state index in [0.717, 1.165) is 45.4 Å². The monoisotopic (exact) mass is 269 g/mol. The van der Waals surface area contributed by atoms with Gasteiger partial charge in [-0.15, -0.1) is 0 Å². The van der Waals surface area contributed by atoms with Crippen molar-refractivity contribution < 1.29 is 9.90 Å². The average molecular weight is 269 g/mol. The second kappa shape index (κ2) is 6.20. The highest BCUT2D eigenvalue weighted by Gasteiger charge is 2.38. The summed E-state index contributed by atoms with van der Waals surface area (Å²) in [6, 6.07) is 0.152. The Morgan fingerprint density at radius 2 is 2.05 bits per heavy atom. The maximum absolute atomic E-state index is 12.5. The van der Waals surface area contributed by atoms with Crippen LogP contribution in [0.4, 0.5) is 0 Å². The average Bonchev–Trinajstić information content (AvgIpc) is 2.87. The molecule has 1 aliphatic heterocycles. The predicted octanol–water partition coefficient (Wildman–Crippen LogP) is -0.0526. The quantitative estimate of drug-likeness (QED) is 0.669. The zero-order chi connectivity index (χ0) is 13.9. The first-order valence-corrected chi connectivity index (χ1v) is 7.43. The van der Waals surface area contributed by atoms with Crippen LogP contribution in [0.2, 0.25) is 0 Å². The van der Waals surface area contributed by atoms with Crippen molar-refractivity contribution in [2.75, 3.05) is 32.8 Å². The number of aliphatic hydroxyl groups is 1. The summed E-state index contributed by atoms with van der Waals surface area (Å²) >= 11 is 0. The molecule has 1 heterocycles. The Morgan fingerprint density at radius 3 is 2.68 bits per heavy atom. The first-order chi connectivity index (χ1) is 9.05. The number of rotatable bonds is 4. The van der Waals surface area contributed by atoms with Crippen LogP contribution in [0.5, 0.6) is 0 Å². The molecule has 0 radical (unpaired) electrons. The van der Waals surface area contributed by atoms with Crippen molar-refractivity contribution in [1.82, 2.24) is 15.5 Å². The van der Waals surface area contributed by atoms with E-state index in [1.54, 1.807) is 0 Å². The maximum Gasteiger partial charge on any atom is 0.240 e. The normalized spacial score (nSPS) is 29.4. The van der Waals surface area contributed by atoms with Gasteiger partial charge in [-0.3, -0.25) is 9.69 Å². The van der Waals surface area contributed by atoms with Crippen LogP contribution in [0, 0.1) is 5.92 Å². The van der Waals surface area contributed by atoms with E-state index in [9.17, 15) is 9.90 Å². The molecule has 0 aromatic rings. The van der Waals surface area contributed by atoms with Gasteiger partial charge in [0, 0.05) is 44.7 Å². The lowest BCUT2D eigenvalue weighted by molar-refractivity contribution is -0.133. The number of carbonyl (C=O) groups is 1. The van der Waals surface area contributed by atoms with Crippen LogP contribution < -0.4 is 10.6 Å². The third-order valence-corrected chi connectivity index (χ3v) is 4.67. The zero-order valence-corrected chi connectivity index (χ0v) is 12.1. The van der Waals surface area contributed by atoms with Gasteiger partial charge in [-0.1, -0.05) is 6.42 Å². The van der Waals surface area contributed by atoms with Gasteiger partial charge in [-0.05, 0) is 26.7 Å². The molecule has 2 rings (SSSR count). The summed E-state index contributed by atoms with van der Waals surface area (Å²) in [6.45, 7) is 7.88. The summed E-state index contributed by atoms with van der Waals surface area (Å²) in [7, 11) is 0. The standard InChI is InChI=1S/C14H27N3O2/c1-14(2,17-8-6-15-7-9-17)13(19)16-12-5-3-4-11(12)10-18/h11-12,15,18H,3-10H2,1-2H3,(H,16,19). The lowest BCUT2D eigenvalue weighted by Gasteiger charge is -2.40. The fourth-order valence-electron chi connectivity index (χ4n) is 3.16. The largest absolute Gasteiger partial charge is 0.396 e. The number of amides is 1. The number of hydrogen-bond acceptors (Lipinski definition) is 4. The Hall–Kier alpha value is -0.650. The fraction of sp³-hybridized carbons (Fsp3) is 0.929. The van der Waals surface area contributed by atoms with Gasteiger partial charge >= 0.3 is 0 Å². The molecule has 0 bridgehead atoms. The molecule has 5 heteroatoms. The van der Waals surface area contributed by atoms with Crippen LogP contribution in [-0.4, -0.2) is 60.3 Å². The van der Waals surface area contributed by atoms with Crippen LogP contribution in [0.1, 0.15) is 33.1 Å². The molecular weight excluding hydrogens is 242 g/mol. The molecular formula is C14H27N3O2. The molecule has 3 N–H and O–H groups in total. The molecule has 19 heavy (non-hydrogen) atoms. The van der Waals surface area contributed by atoms with Gasteiger partial charge in [-0.2, -0.15) is 0 Å². The van der Waals surface area contributed by atoms with E-state index in [1.165, 1.54) is 0 Å². The van der Waals surface area contributed by atoms with Crippen molar-refractivity contribution >= 4 is 5.91 Å². The van der Waals surface area contributed by atoms with Crippen LogP contribution >= 0.6 is 0 Å². The van der Waals surface area contributed by atoms with Crippen molar-refractivity contribution in [2.45, 2.75) is 44.7 Å². The van der Waals surface area contributed by atoms with E-state index < -0.39 is 5.54 Å². The number of aliphatic hydroxyl groups excluding tert-OH is 1. The van der Waals surface area contributed by atoms with Gasteiger partial charge < -0.3 is 15.7 Å². The van der Waals surface area contributed by atoms with Gasteiger partial charge in [0.1, 0.15) is 0 Å². The van der Waals surface area contributed by atoms with E-state index in [4.69, 9.17) is 0 Å². The number of hydrogen-bond donors (Lipinski definition) is 3. The third kappa shape index (κ3) is 3.27. The predicted molar refractivity (Wildman–Crippen MR) is 74.9 cm³/mol. The fourth-order valence-corrected chi connectivity index (χ4v) is 3.16. The van der Waals surface area contributed by atoms with Crippen molar-refractivity contribution in [3.63, 3.8) is 0 Å². The van der Waals surface area contributed by atoms with Crippen LogP contribution in [0.25, 0.3) is 0 Å². The number of nitrogens with one attached hydrogen (secondary N) is 2. The molecule has 110 valence electrons. The van der Waals surface area contributed by atoms with Gasteiger partial charge in [0.05, 0.1) is 5.54 Å². The highest BCUT2D eigenvalue weighted by atomic mass is 16.3. The highest BCUT2D eigenvalue weighted by Crippen LogP contribution is 2.26. The van der Waals surface area contributed by atoms with E-state index in [0.29, 0.717) is 0 Å². The lowest BCUT2D eigenvalue weighted by atomic mass is 9.98. The summed E-state index contributed by atoms with van der Waals surface area (Å²) in [4.78, 5) is 14.8. The summed E-state index contributed by atoms with van der Waals surface area (Å²) in [5, 5.41) is 15.8. The Labute approximate surface area is 115 Å². The summed E-state index contributed by atoms with van der Waals surface area (Å²) < 4.78 is 0. The Morgan fingerprint density at radius 1 is 1.37 bits per heavy atom. The second-order valence-corrected chi connectivity index (χ2v) is 6.25. The molecule has 1 amide bonds. The minimum absolute atomic E-state index is 0.0970. The van der Waals surface area contributed by atoms with Gasteiger partial charge in [-0.25, -0.2) is 0 Å². The first-order valence-electron chi connectivity index (χ1n) is 7.43. The minimum Gasteiger partial charge on any atom is -0.396 e. The molecule has 0 aromatic carbocycles. The topological polar surface area (TPSA) is 64.6 Å². The first kappa shape index (κ1) is 14.8. The number of nitrogens with zero attached hydrogens (tertiary/aromatic N) is 1. The van der Waals surface area contributed by atoms with Crippen LogP contribution in [0.15, 0.2) is 0 Å². The highest BCUT2D eigenvalue weighted by molar-refractivity contribution is 5.85. The molecule has 1 saturated carbocycles. The Kier molecular flexibility index (Phi) is 4.81. The maximum atomic E-state index is 12.5. The SMILES string of the molecule is CC(C)(C(=O)NC1CCCC1CO)N1CCNCC1.